The predicted molar refractivity (Wildman–Crippen MR) is 186 cm³/mol. The molecule has 0 atom stereocenters. The number of H-pyrrole nitrogens is 1. The molecule has 0 bridgehead atoms. The molecule has 2 aliphatic rings. The molecule has 1 fully saturated rings. The number of aryl methyl sites for hydroxylation is 3. The van der Waals surface area contributed by atoms with Crippen molar-refractivity contribution in [1.82, 2.24) is 34.8 Å². The highest BCUT2D eigenvalue weighted by atomic mass is 19.1. The Morgan fingerprint density at radius 2 is 1.71 bits per heavy atom. The third-order valence-corrected chi connectivity index (χ3v) is 9.35. The standard InChI is InChI=1S/C37H39FN8O3/c1-24-19-27(20-25(2)40-24)43-15-17-44(18-16-43)37(48)32-22-31-30(28-8-4-5-9-33(28)49-3)21-29(35(38)36(31)41-32)26-7-6-12-45(23-26)34(47)10-13-46-14-11-39-42-46/h4-5,7-9,11,14,19-22,41H,6,10,12-13,15-18,23H2,1-3H3. The van der Waals surface area contributed by atoms with Crippen LogP contribution in [-0.4, -0.2) is 93.0 Å². The number of nitrogens with one attached hydrogen (secondary N) is 1. The fourth-order valence-corrected chi connectivity index (χ4v) is 6.90. The molecular weight excluding hydrogens is 623 g/mol. The van der Waals surface area contributed by atoms with Crippen LogP contribution in [0.15, 0.2) is 67.0 Å². The van der Waals surface area contributed by atoms with Gasteiger partial charge in [-0.15, -0.1) is 5.10 Å². The summed E-state index contributed by atoms with van der Waals surface area (Å²) >= 11 is 0. The number of fused-ring (bicyclic) bond motifs is 1. The molecule has 11 nitrogen and oxygen atoms in total. The first-order chi connectivity index (χ1) is 23.8. The predicted octanol–water partition coefficient (Wildman–Crippen LogP) is 5.25. The van der Waals surface area contributed by atoms with Gasteiger partial charge in [0.25, 0.3) is 5.91 Å². The molecular formula is C37H39FN8O3. The highest BCUT2D eigenvalue weighted by Gasteiger charge is 2.28. The minimum Gasteiger partial charge on any atom is -0.496 e. The third-order valence-electron chi connectivity index (χ3n) is 9.35. The van der Waals surface area contributed by atoms with E-state index in [2.05, 4.69) is 37.3 Å². The number of methoxy groups -OCH3 is 1. The highest BCUT2D eigenvalue weighted by molar-refractivity contribution is 6.05. The molecule has 12 heteroatoms. The Hall–Kier alpha value is -5.52. The average Bonchev–Trinajstić information content (AvgIpc) is 3.82. The first kappa shape index (κ1) is 32.0. The van der Waals surface area contributed by atoms with Gasteiger partial charge in [-0.2, -0.15) is 0 Å². The van der Waals surface area contributed by atoms with Crippen molar-refractivity contribution in [3.05, 3.63) is 95.5 Å². The Morgan fingerprint density at radius 3 is 2.45 bits per heavy atom. The van der Waals surface area contributed by atoms with E-state index in [4.69, 9.17) is 4.74 Å². The van der Waals surface area contributed by atoms with Gasteiger partial charge in [0.2, 0.25) is 5.91 Å². The van der Waals surface area contributed by atoms with E-state index in [-0.39, 0.29) is 30.3 Å². The Bertz CT molecular complexity index is 2030. The molecule has 3 aromatic heterocycles. The molecule has 252 valence electrons. The lowest BCUT2D eigenvalue weighted by Crippen LogP contribution is -2.49. The highest BCUT2D eigenvalue weighted by Crippen LogP contribution is 2.40. The second-order valence-electron chi connectivity index (χ2n) is 12.6. The Morgan fingerprint density at radius 1 is 0.939 bits per heavy atom. The van der Waals surface area contributed by atoms with Crippen molar-refractivity contribution in [1.29, 1.82) is 0 Å². The summed E-state index contributed by atoms with van der Waals surface area (Å²) < 4.78 is 24.0. The molecule has 0 radical (unpaired) electrons. The topological polar surface area (TPSA) is 112 Å². The molecule has 7 rings (SSSR count). The number of para-hydroxylation sites is 1. The maximum Gasteiger partial charge on any atom is 0.270 e. The van der Waals surface area contributed by atoms with Gasteiger partial charge in [-0.25, -0.2) is 4.39 Å². The normalized spacial score (nSPS) is 15.1. The number of nitrogens with zero attached hydrogens (tertiary/aromatic N) is 7. The van der Waals surface area contributed by atoms with E-state index in [1.54, 1.807) is 35.2 Å². The van der Waals surface area contributed by atoms with Crippen LogP contribution in [0.25, 0.3) is 27.6 Å². The summed E-state index contributed by atoms with van der Waals surface area (Å²) in [6, 6.07) is 15.3. The molecule has 2 aliphatic heterocycles. The Balaban J connectivity index is 1.19. The van der Waals surface area contributed by atoms with Gasteiger partial charge in [0.15, 0.2) is 5.82 Å². The van der Waals surface area contributed by atoms with Gasteiger partial charge >= 0.3 is 0 Å². The van der Waals surface area contributed by atoms with Gasteiger partial charge in [-0.3, -0.25) is 19.3 Å². The zero-order valence-electron chi connectivity index (χ0n) is 27.9. The van der Waals surface area contributed by atoms with E-state index in [1.165, 1.54) is 0 Å². The number of carbonyl (C=O) groups is 2. The van der Waals surface area contributed by atoms with Crippen LogP contribution in [0.4, 0.5) is 10.1 Å². The van der Waals surface area contributed by atoms with Crippen LogP contribution in [0.1, 0.15) is 40.3 Å². The zero-order valence-corrected chi connectivity index (χ0v) is 27.9. The molecule has 0 spiro atoms. The molecule has 5 aromatic rings. The van der Waals surface area contributed by atoms with Crippen molar-refractivity contribution < 1.29 is 18.7 Å². The van der Waals surface area contributed by atoms with Gasteiger partial charge in [-0.1, -0.05) is 29.5 Å². The molecule has 2 aromatic carbocycles. The van der Waals surface area contributed by atoms with Gasteiger partial charge in [0.1, 0.15) is 11.4 Å². The summed E-state index contributed by atoms with van der Waals surface area (Å²) in [7, 11) is 1.60. The zero-order chi connectivity index (χ0) is 34.1. The summed E-state index contributed by atoms with van der Waals surface area (Å²) in [6.07, 6.45) is 6.17. The molecule has 5 heterocycles. The Labute approximate surface area is 284 Å². The first-order valence-corrected chi connectivity index (χ1v) is 16.6. The first-order valence-electron chi connectivity index (χ1n) is 16.6. The van der Waals surface area contributed by atoms with E-state index < -0.39 is 5.82 Å². The van der Waals surface area contributed by atoms with Gasteiger partial charge in [0, 0.05) is 85.5 Å². The summed E-state index contributed by atoms with van der Waals surface area (Å²) in [5.41, 5.74) is 6.23. The molecule has 0 aliphatic carbocycles. The largest absolute Gasteiger partial charge is 0.496 e. The van der Waals surface area contributed by atoms with Gasteiger partial charge in [-0.05, 0) is 61.7 Å². The van der Waals surface area contributed by atoms with Crippen molar-refractivity contribution in [2.45, 2.75) is 33.2 Å². The number of pyridine rings is 1. The fourth-order valence-electron chi connectivity index (χ4n) is 6.90. The number of aromatic amines is 1. The maximum absolute atomic E-state index is 16.7. The van der Waals surface area contributed by atoms with Crippen LogP contribution < -0.4 is 9.64 Å². The number of amides is 2. The average molecular weight is 663 g/mol. The SMILES string of the molecule is COc1ccccc1-c1cc(C2=CCCN(C(=O)CCn3ccnn3)C2)c(F)c2[nH]c(C(=O)N3CCN(c4cc(C)nc(C)c4)CC3)cc12. The van der Waals surface area contributed by atoms with Crippen molar-refractivity contribution in [3.8, 4) is 16.9 Å². The van der Waals surface area contributed by atoms with Crippen molar-refractivity contribution in [2.24, 2.45) is 0 Å². The van der Waals surface area contributed by atoms with E-state index in [9.17, 15) is 9.59 Å². The summed E-state index contributed by atoms with van der Waals surface area (Å²) in [5.74, 6) is -0.0275. The van der Waals surface area contributed by atoms with Crippen molar-refractivity contribution in [2.75, 3.05) is 51.3 Å². The van der Waals surface area contributed by atoms with E-state index in [0.717, 1.165) is 33.8 Å². The fraction of sp³-hybridized carbons (Fsp3) is 0.324. The smallest absolute Gasteiger partial charge is 0.270 e. The van der Waals surface area contributed by atoms with E-state index >= 15 is 4.39 Å². The number of piperazine rings is 1. The van der Waals surface area contributed by atoms with Crippen LogP contribution >= 0.6 is 0 Å². The van der Waals surface area contributed by atoms with E-state index in [1.807, 2.05) is 55.2 Å². The molecule has 1 saturated heterocycles. The summed E-state index contributed by atoms with van der Waals surface area (Å²) in [4.78, 5) is 40.6. The van der Waals surface area contributed by atoms with Crippen molar-refractivity contribution >= 4 is 34.0 Å². The van der Waals surface area contributed by atoms with Crippen LogP contribution in [0.2, 0.25) is 0 Å². The van der Waals surface area contributed by atoms with Gasteiger partial charge in [0.05, 0.1) is 25.4 Å². The second kappa shape index (κ2) is 13.5. The number of halogens is 1. The lowest BCUT2D eigenvalue weighted by Gasteiger charge is -2.36. The lowest BCUT2D eigenvalue weighted by molar-refractivity contribution is -0.131. The molecule has 2 amide bonds. The number of ether oxygens (including phenoxy) is 1. The second-order valence-corrected chi connectivity index (χ2v) is 12.6. The van der Waals surface area contributed by atoms with Crippen LogP contribution in [-0.2, 0) is 11.3 Å². The number of carbonyl (C=O) groups excluding carboxylic acids is 2. The maximum atomic E-state index is 16.7. The number of hydrogen-bond acceptors (Lipinski definition) is 7. The lowest BCUT2D eigenvalue weighted by atomic mass is 9.93. The summed E-state index contributed by atoms with van der Waals surface area (Å²) in [6.45, 7) is 7.66. The minimum atomic E-state index is -0.455. The van der Waals surface area contributed by atoms with Gasteiger partial charge < -0.3 is 24.4 Å². The van der Waals surface area contributed by atoms with Crippen LogP contribution in [0.5, 0.6) is 5.75 Å². The number of anilines is 1. The molecule has 0 saturated carbocycles. The number of hydrogen-bond donors (Lipinski definition) is 1. The number of benzene rings is 2. The monoisotopic (exact) mass is 662 g/mol. The Kier molecular flexibility index (Phi) is 8.85. The van der Waals surface area contributed by atoms with Crippen LogP contribution in [0.3, 0.4) is 0 Å². The number of aromatic nitrogens is 5. The van der Waals surface area contributed by atoms with E-state index in [0.29, 0.717) is 68.1 Å². The minimum absolute atomic E-state index is 0.0328. The molecule has 0 unspecified atom stereocenters. The molecule has 1 N–H and O–H groups in total. The van der Waals surface area contributed by atoms with Crippen molar-refractivity contribution in [3.63, 3.8) is 0 Å². The molecule has 49 heavy (non-hydrogen) atoms. The van der Waals surface area contributed by atoms with Crippen LogP contribution in [0, 0.1) is 19.7 Å². The quantitative estimate of drug-likeness (QED) is 0.242. The summed E-state index contributed by atoms with van der Waals surface area (Å²) in [5, 5.41) is 8.34. The third kappa shape index (κ3) is 6.50. The number of rotatable bonds is 8.